The van der Waals surface area contributed by atoms with Gasteiger partial charge in [0.2, 0.25) is 5.82 Å². The van der Waals surface area contributed by atoms with Gasteiger partial charge in [0.1, 0.15) is 5.71 Å². The zero-order valence-electron chi connectivity index (χ0n) is 18.7. The van der Waals surface area contributed by atoms with Crippen molar-refractivity contribution in [3.63, 3.8) is 0 Å². The first-order valence-corrected chi connectivity index (χ1v) is 10.8. The van der Waals surface area contributed by atoms with E-state index >= 15 is 0 Å². The van der Waals surface area contributed by atoms with Crippen molar-refractivity contribution < 1.29 is 9.53 Å². The molecule has 0 spiro atoms. The average Bonchev–Trinajstić information content (AvgIpc) is 3.37. The first-order chi connectivity index (χ1) is 15.6. The molecule has 1 aliphatic rings. The second-order valence-corrected chi connectivity index (χ2v) is 7.30. The zero-order valence-corrected chi connectivity index (χ0v) is 18.7. The summed E-state index contributed by atoms with van der Waals surface area (Å²) in [5.41, 5.74) is 4.20. The summed E-state index contributed by atoms with van der Waals surface area (Å²) in [7, 11) is 0. The van der Waals surface area contributed by atoms with E-state index in [-0.39, 0.29) is 12.3 Å². The molecular weight excluding hydrogens is 404 g/mol. The molecule has 2 aromatic carbocycles. The summed E-state index contributed by atoms with van der Waals surface area (Å²) in [6.45, 7) is 10.1. The predicted octanol–water partition coefficient (Wildman–Crippen LogP) is 4.00. The number of esters is 1. The molecule has 1 aliphatic heterocycles. The van der Waals surface area contributed by atoms with Crippen LogP contribution in [0.4, 0.5) is 11.4 Å². The summed E-state index contributed by atoms with van der Waals surface area (Å²) >= 11 is 0. The fourth-order valence-corrected chi connectivity index (χ4v) is 3.65. The summed E-state index contributed by atoms with van der Waals surface area (Å²) in [6, 6.07) is 15.7. The van der Waals surface area contributed by atoms with E-state index in [0.717, 1.165) is 35.6 Å². The SMILES string of the molecule is CCOC(=O)C1=Nn2c(nnc2-c2ccccc2)C1=Nc1ccc(N(CC)CC)cc1C. The molecule has 0 bridgehead atoms. The highest BCUT2D eigenvalue weighted by atomic mass is 16.5. The van der Waals surface area contributed by atoms with Crippen LogP contribution in [-0.4, -0.2) is 52.0 Å². The van der Waals surface area contributed by atoms with Crippen LogP contribution < -0.4 is 4.90 Å². The van der Waals surface area contributed by atoms with Gasteiger partial charge in [-0.3, -0.25) is 0 Å². The second kappa shape index (κ2) is 9.13. The van der Waals surface area contributed by atoms with Gasteiger partial charge in [-0.15, -0.1) is 10.2 Å². The van der Waals surface area contributed by atoms with Crippen molar-refractivity contribution in [1.29, 1.82) is 0 Å². The number of carbonyl (C=O) groups excluding carboxylic acids is 1. The highest BCUT2D eigenvalue weighted by Gasteiger charge is 2.34. The summed E-state index contributed by atoms with van der Waals surface area (Å²) in [5, 5.41) is 13.1. The van der Waals surface area contributed by atoms with E-state index in [0.29, 0.717) is 17.4 Å². The quantitative estimate of drug-likeness (QED) is 0.529. The van der Waals surface area contributed by atoms with Crippen LogP contribution in [0.2, 0.25) is 0 Å². The molecule has 0 radical (unpaired) electrons. The van der Waals surface area contributed by atoms with Gasteiger partial charge < -0.3 is 9.64 Å². The molecule has 0 saturated carbocycles. The molecule has 0 aliphatic carbocycles. The first kappa shape index (κ1) is 21.4. The third-order valence-corrected chi connectivity index (χ3v) is 5.32. The maximum Gasteiger partial charge on any atom is 0.361 e. The van der Waals surface area contributed by atoms with Gasteiger partial charge in [0.25, 0.3) is 0 Å². The van der Waals surface area contributed by atoms with E-state index in [2.05, 4.69) is 40.1 Å². The number of aromatic nitrogens is 3. The molecule has 1 aromatic heterocycles. The van der Waals surface area contributed by atoms with Crippen molar-refractivity contribution in [3.05, 3.63) is 59.9 Å². The number of carbonyl (C=O) groups is 1. The average molecular weight is 431 g/mol. The Hall–Kier alpha value is -3.81. The number of ether oxygens (including phenoxy) is 1. The maximum atomic E-state index is 12.7. The van der Waals surface area contributed by atoms with Gasteiger partial charge in [0.05, 0.1) is 12.3 Å². The van der Waals surface area contributed by atoms with Crippen molar-refractivity contribution in [2.75, 3.05) is 24.6 Å². The van der Waals surface area contributed by atoms with Gasteiger partial charge >= 0.3 is 5.97 Å². The molecule has 8 heteroatoms. The maximum absolute atomic E-state index is 12.7. The van der Waals surface area contributed by atoms with Gasteiger partial charge in [0.15, 0.2) is 11.5 Å². The van der Waals surface area contributed by atoms with E-state index in [9.17, 15) is 4.79 Å². The van der Waals surface area contributed by atoms with Gasteiger partial charge in [-0.05, 0) is 51.5 Å². The summed E-state index contributed by atoms with van der Waals surface area (Å²) in [5.74, 6) is 0.425. The lowest BCUT2D eigenvalue weighted by Crippen LogP contribution is -2.25. The van der Waals surface area contributed by atoms with Crippen LogP contribution in [0, 0.1) is 6.92 Å². The molecule has 4 rings (SSSR count). The largest absolute Gasteiger partial charge is 0.461 e. The number of hydrogen-bond acceptors (Lipinski definition) is 7. The fourth-order valence-electron chi connectivity index (χ4n) is 3.65. The minimum absolute atomic E-state index is 0.126. The number of nitrogens with zero attached hydrogens (tertiary/aromatic N) is 6. The molecule has 164 valence electrons. The summed E-state index contributed by atoms with van der Waals surface area (Å²) in [4.78, 5) is 19.7. The van der Waals surface area contributed by atoms with Crippen molar-refractivity contribution in [2.24, 2.45) is 10.1 Å². The fraction of sp³-hybridized carbons (Fsp3) is 0.292. The molecule has 8 nitrogen and oxygen atoms in total. The van der Waals surface area contributed by atoms with E-state index in [1.165, 1.54) is 0 Å². The molecule has 3 aromatic rings. The lowest BCUT2D eigenvalue weighted by Gasteiger charge is -2.21. The van der Waals surface area contributed by atoms with Crippen molar-refractivity contribution >= 4 is 28.8 Å². The van der Waals surface area contributed by atoms with Gasteiger partial charge in [-0.2, -0.15) is 9.78 Å². The summed E-state index contributed by atoms with van der Waals surface area (Å²) in [6.07, 6.45) is 0. The summed E-state index contributed by atoms with van der Waals surface area (Å²) < 4.78 is 6.79. The van der Waals surface area contributed by atoms with Gasteiger partial charge in [-0.1, -0.05) is 30.3 Å². The molecule has 0 fully saturated rings. The number of aliphatic imine (C=N–C) groups is 1. The molecular formula is C24H26N6O2. The Kier molecular flexibility index (Phi) is 6.11. The molecule has 32 heavy (non-hydrogen) atoms. The minimum Gasteiger partial charge on any atom is -0.461 e. The van der Waals surface area contributed by atoms with Crippen molar-refractivity contribution in [2.45, 2.75) is 27.7 Å². The molecule has 0 N–H and O–H groups in total. The number of anilines is 1. The Morgan fingerprint density at radius 3 is 2.41 bits per heavy atom. The first-order valence-electron chi connectivity index (χ1n) is 10.8. The second-order valence-electron chi connectivity index (χ2n) is 7.30. The highest BCUT2D eigenvalue weighted by molar-refractivity contribution is 6.69. The Morgan fingerprint density at radius 2 is 1.75 bits per heavy atom. The van der Waals surface area contributed by atoms with Gasteiger partial charge in [0, 0.05) is 24.3 Å². The van der Waals surface area contributed by atoms with Crippen molar-refractivity contribution in [3.8, 4) is 11.4 Å². The van der Waals surface area contributed by atoms with Crippen LogP contribution in [0.3, 0.4) is 0 Å². The number of benzene rings is 2. The number of hydrogen-bond donors (Lipinski definition) is 0. The highest BCUT2D eigenvalue weighted by Crippen LogP contribution is 2.28. The Balaban J connectivity index is 1.80. The number of fused-ring (bicyclic) bond motifs is 1. The van der Waals surface area contributed by atoms with E-state index in [1.807, 2.05) is 49.4 Å². The zero-order chi connectivity index (χ0) is 22.7. The minimum atomic E-state index is -0.534. The van der Waals surface area contributed by atoms with E-state index in [1.54, 1.807) is 11.6 Å². The van der Waals surface area contributed by atoms with E-state index in [4.69, 9.17) is 9.73 Å². The molecule has 2 heterocycles. The Morgan fingerprint density at radius 1 is 1.03 bits per heavy atom. The lowest BCUT2D eigenvalue weighted by molar-refractivity contribution is -0.134. The topological polar surface area (TPSA) is 85.0 Å². The van der Waals surface area contributed by atoms with Crippen LogP contribution in [0.5, 0.6) is 0 Å². The normalized spacial score (nSPS) is 13.8. The molecule has 0 amide bonds. The van der Waals surface area contributed by atoms with Crippen LogP contribution in [-0.2, 0) is 9.53 Å². The number of aryl methyl sites for hydroxylation is 1. The predicted molar refractivity (Wildman–Crippen MR) is 126 cm³/mol. The molecule has 0 saturated heterocycles. The monoisotopic (exact) mass is 430 g/mol. The smallest absolute Gasteiger partial charge is 0.361 e. The lowest BCUT2D eigenvalue weighted by atomic mass is 10.1. The van der Waals surface area contributed by atoms with Crippen LogP contribution >= 0.6 is 0 Å². The Bertz CT molecular complexity index is 1190. The molecule has 0 atom stereocenters. The van der Waals surface area contributed by atoms with Crippen LogP contribution in [0.15, 0.2) is 58.6 Å². The van der Waals surface area contributed by atoms with Crippen LogP contribution in [0.25, 0.3) is 11.4 Å². The third kappa shape index (κ3) is 3.91. The molecule has 0 unspecified atom stereocenters. The van der Waals surface area contributed by atoms with Crippen LogP contribution in [0.1, 0.15) is 32.2 Å². The standard InChI is InChI=1S/C24H26N6O2/c1-5-29(6-2)18-13-14-19(16(4)15-18)25-20-21(24(31)32-7-3)28-30-22(26-27-23(20)30)17-11-9-8-10-12-17/h8-15H,5-7H2,1-4H3. The van der Waals surface area contributed by atoms with Gasteiger partial charge in [-0.25, -0.2) is 9.79 Å². The third-order valence-electron chi connectivity index (χ3n) is 5.32. The number of rotatable bonds is 7. The van der Waals surface area contributed by atoms with Crippen molar-refractivity contribution in [1.82, 2.24) is 14.9 Å². The van der Waals surface area contributed by atoms with E-state index < -0.39 is 5.97 Å². The Labute approximate surface area is 187 Å².